The highest BCUT2D eigenvalue weighted by Gasteiger charge is 2.33. The number of rotatable bonds is 6. The molecule has 1 amide bonds. The Morgan fingerprint density at radius 3 is 2.80 bits per heavy atom. The van der Waals surface area contributed by atoms with Crippen molar-refractivity contribution >= 4 is 5.91 Å². The molecule has 1 saturated heterocycles. The van der Waals surface area contributed by atoms with E-state index in [1.807, 2.05) is 35.2 Å². The summed E-state index contributed by atoms with van der Waals surface area (Å²) in [7, 11) is 0. The van der Waals surface area contributed by atoms with Gasteiger partial charge in [-0.15, -0.1) is 0 Å². The van der Waals surface area contributed by atoms with Crippen molar-refractivity contribution in [3.05, 3.63) is 65.5 Å². The molecule has 0 aliphatic carbocycles. The minimum atomic E-state index is -0.401. The van der Waals surface area contributed by atoms with Crippen LogP contribution < -0.4 is 5.73 Å². The summed E-state index contributed by atoms with van der Waals surface area (Å²) < 4.78 is 5.82. The van der Waals surface area contributed by atoms with Gasteiger partial charge in [-0.1, -0.05) is 35.9 Å². The molecule has 1 fully saturated rings. The highest BCUT2D eigenvalue weighted by molar-refractivity contribution is 5.81. The monoisotopic (exact) mass is 339 g/mol. The lowest BCUT2D eigenvalue weighted by atomic mass is 10.1. The van der Waals surface area contributed by atoms with Gasteiger partial charge in [0.15, 0.2) is 0 Å². The van der Waals surface area contributed by atoms with Gasteiger partial charge in [-0.3, -0.25) is 9.78 Å². The second kappa shape index (κ2) is 8.23. The third-order valence-electron chi connectivity index (χ3n) is 4.49. The van der Waals surface area contributed by atoms with E-state index in [0.29, 0.717) is 19.6 Å². The first-order valence-corrected chi connectivity index (χ1v) is 8.75. The molecule has 3 rings (SSSR count). The van der Waals surface area contributed by atoms with E-state index < -0.39 is 6.10 Å². The SMILES string of the molecule is Cc1cccc(CN(Cc2ccccn2)C(=O)[C@@H]2CC[C@H](CN)O2)c1. The molecule has 0 unspecified atom stereocenters. The normalized spacial score (nSPS) is 19.8. The molecule has 1 aromatic heterocycles. The maximum absolute atomic E-state index is 13.0. The topological polar surface area (TPSA) is 68.5 Å². The quantitative estimate of drug-likeness (QED) is 0.877. The molecule has 0 spiro atoms. The van der Waals surface area contributed by atoms with Crippen LogP contribution in [0.4, 0.5) is 0 Å². The first-order valence-electron chi connectivity index (χ1n) is 8.75. The molecular weight excluding hydrogens is 314 g/mol. The van der Waals surface area contributed by atoms with Crippen LogP contribution in [0, 0.1) is 6.92 Å². The standard InChI is InChI=1S/C20H25N3O2/c1-15-5-4-6-16(11-15)13-23(14-17-7-2-3-10-22-17)20(24)19-9-8-18(12-21)25-19/h2-7,10-11,18-19H,8-9,12-14,21H2,1H3/t18-,19+/m1/s1. The van der Waals surface area contributed by atoms with Crippen LogP contribution in [0.3, 0.4) is 0 Å². The molecule has 2 atom stereocenters. The number of carbonyl (C=O) groups excluding carboxylic acids is 1. The number of aromatic nitrogens is 1. The van der Waals surface area contributed by atoms with Gasteiger partial charge in [0.05, 0.1) is 18.3 Å². The maximum Gasteiger partial charge on any atom is 0.252 e. The lowest BCUT2D eigenvalue weighted by Gasteiger charge is -2.26. The van der Waals surface area contributed by atoms with Gasteiger partial charge < -0.3 is 15.4 Å². The predicted octanol–water partition coefficient (Wildman–Crippen LogP) is 2.43. The fraction of sp³-hybridized carbons (Fsp3) is 0.400. The van der Waals surface area contributed by atoms with E-state index in [2.05, 4.69) is 24.0 Å². The number of amides is 1. The van der Waals surface area contributed by atoms with Crippen molar-refractivity contribution in [3.8, 4) is 0 Å². The van der Waals surface area contributed by atoms with Gasteiger partial charge in [-0.05, 0) is 37.5 Å². The molecule has 0 saturated carbocycles. The number of carbonyl (C=O) groups is 1. The summed E-state index contributed by atoms with van der Waals surface area (Å²) >= 11 is 0. The number of nitrogens with zero attached hydrogens (tertiary/aromatic N) is 2. The fourth-order valence-electron chi connectivity index (χ4n) is 3.19. The molecule has 1 aliphatic heterocycles. The molecular formula is C20H25N3O2. The fourth-order valence-corrected chi connectivity index (χ4v) is 3.19. The first kappa shape index (κ1) is 17.6. The van der Waals surface area contributed by atoms with Crippen molar-refractivity contribution in [1.29, 1.82) is 0 Å². The van der Waals surface area contributed by atoms with E-state index >= 15 is 0 Å². The van der Waals surface area contributed by atoms with E-state index in [0.717, 1.165) is 24.1 Å². The lowest BCUT2D eigenvalue weighted by molar-refractivity contribution is -0.144. The molecule has 2 heterocycles. The van der Waals surface area contributed by atoms with E-state index in [9.17, 15) is 4.79 Å². The Morgan fingerprint density at radius 2 is 2.12 bits per heavy atom. The maximum atomic E-state index is 13.0. The molecule has 0 bridgehead atoms. The van der Waals surface area contributed by atoms with E-state index in [1.54, 1.807) is 6.20 Å². The van der Waals surface area contributed by atoms with Crippen molar-refractivity contribution < 1.29 is 9.53 Å². The second-order valence-electron chi connectivity index (χ2n) is 6.56. The summed E-state index contributed by atoms with van der Waals surface area (Å²) in [4.78, 5) is 19.2. The number of benzene rings is 1. The molecule has 2 aromatic rings. The van der Waals surface area contributed by atoms with Gasteiger partial charge in [-0.2, -0.15) is 0 Å². The number of pyridine rings is 1. The number of hydrogen-bond donors (Lipinski definition) is 1. The number of ether oxygens (including phenoxy) is 1. The Labute approximate surface area is 148 Å². The van der Waals surface area contributed by atoms with Crippen LogP contribution in [-0.4, -0.2) is 34.5 Å². The number of hydrogen-bond acceptors (Lipinski definition) is 4. The highest BCUT2D eigenvalue weighted by atomic mass is 16.5. The number of aryl methyl sites for hydroxylation is 1. The minimum Gasteiger partial charge on any atom is -0.364 e. The minimum absolute atomic E-state index is 0.00961. The third-order valence-corrected chi connectivity index (χ3v) is 4.49. The second-order valence-corrected chi connectivity index (χ2v) is 6.56. The van der Waals surface area contributed by atoms with Crippen molar-refractivity contribution in [3.63, 3.8) is 0 Å². The number of nitrogens with two attached hydrogens (primary N) is 1. The molecule has 5 nitrogen and oxygen atoms in total. The largest absolute Gasteiger partial charge is 0.364 e. The predicted molar refractivity (Wildman–Crippen MR) is 96.6 cm³/mol. The van der Waals surface area contributed by atoms with Crippen molar-refractivity contribution in [2.24, 2.45) is 5.73 Å². The van der Waals surface area contributed by atoms with Gasteiger partial charge in [0.2, 0.25) is 0 Å². The van der Waals surface area contributed by atoms with E-state index in [-0.39, 0.29) is 12.0 Å². The van der Waals surface area contributed by atoms with Crippen molar-refractivity contribution in [1.82, 2.24) is 9.88 Å². The zero-order chi connectivity index (χ0) is 17.6. The van der Waals surface area contributed by atoms with Crippen LogP contribution in [0.5, 0.6) is 0 Å². The molecule has 2 N–H and O–H groups in total. The molecule has 132 valence electrons. The van der Waals surface area contributed by atoms with Gasteiger partial charge >= 0.3 is 0 Å². The molecule has 25 heavy (non-hydrogen) atoms. The lowest BCUT2D eigenvalue weighted by Crippen LogP contribution is -2.39. The highest BCUT2D eigenvalue weighted by Crippen LogP contribution is 2.22. The Morgan fingerprint density at radius 1 is 1.24 bits per heavy atom. The zero-order valence-corrected chi connectivity index (χ0v) is 14.6. The van der Waals surface area contributed by atoms with Crippen LogP contribution in [-0.2, 0) is 22.6 Å². The summed E-state index contributed by atoms with van der Waals surface area (Å²) in [5.41, 5.74) is 8.84. The Hall–Kier alpha value is -2.24. The average Bonchev–Trinajstić information content (AvgIpc) is 3.11. The van der Waals surface area contributed by atoms with Crippen LogP contribution in [0.2, 0.25) is 0 Å². The summed E-state index contributed by atoms with van der Waals surface area (Å²) in [5, 5.41) is 0. The van der Waals surface area contributed by atoms with Crippen LogP contribution >= 0.6 is 0 Å². The molecule has 1 aromatic carbocycles. The van der Waals surface area contributed by atoms with E-state index in [1.165, 1.54) is 5.56 Å². The summed E-state index contributed by atoms with van der Waals surface area (Å²) in [6, 6.07) is 14.0. The Balaban J connectivity index is 1.77. The summed E-state index contributed by atoms with van der Waals surface area (Å²) in [6.07, 6.45) is 2.91. The Bertz CT molecular complexity index is 705. The zero-order valence-electron chi connectivity index (χ0n) is 14.6. The van der Waals surface area contributed by atoms with E-state index in [4.69, 9.17) is 10.5 Å². The summed E-state index contributed by atoms with van der Waals surface area (Å²) in [5.74, 6) is 0.0168. The summed E-state index contributed by atoms with van der Waals surface area (Å²) in [6.45, 7) is 3.53. The Kier molecular flexibility index (Phi) is 5.79. The van der Waals surface area contributed by atoms with Crippen molar-refractivity contribution in [2.75, 3.05) is 6.54 Å². The molecule has 5 heteroatoms. The van der Waals surface area contributed by atoms with Gasteiger partial charge in [-0.25, -0.2) is 0 Å². The van der Waals surface area contributed by atoms with Crippen LogP contribution in [0.25, 0.3) is 0 Å². The van der Waals surface area contributed by atoms with Crippen LogP contribution in [0.1, 0.15) is 29.7 Å². The van der Waals surface area contributed by atoms with Gasteiger partial charge in [0.25, 0.3) is 5.91 Å². The smallest absolute Gasteiger partial charge is 0.252 e. The van der Waals surface area contributed by atoms with Crippen LogP contribution in [0.15, 0.2) is 48.7 Å². The third kappa shape index (κ3) is 4.65. The van der Waals surface area contributed by atoms with Gasteiger partial charge in [0.1, 0.15) is 6.10 Å². The molecule has 1 aliphatic rings. The van der Waals surface area contributed by atoms with Gasteiger partial charge in [0, 0.05) is 19.3 Å². The first-order chi connectivity index (χ1) is 12.2. The average molecular weight is 339 g/mol. The van der Waals surface area contributed by atoms with Crippen molar-refractivity contribution in [2.45, 2.75) is 45.1 Å². The molecule has 0 radical (unpaired) electrons.